The van der Waals surface area contributed by atoms with E-state index >= 15 is 0 Å². The van der Waals surface area contributed by atoms with E-state index in [0.717, 1.165) is 25.9 Å². The van der Waals surface area contributed by atoms with Crippen molar-refractivity contribution in [1.29, 1.82) is 0 Å². The highest BCUT2D eigenvalue weighted by Crippen LogP contribution is 2.07. The molecule has 6 nitrogen and oxygen atoms in total. The summed E-state index contributed by atoms with van der Waals surface area (Å²) in [5, 5.41) is 14.4. The third kappa shape index (κ3) is 7.00. The van der Waals surface area contributed by atoms with E-state index < -0.39 is 5.97 Å². The molecule has 1 aliphatic rings. The Morgan fingerprint density at radius 2 is 2.21 bits per heavy atom. The molecule has 0 aromatic heterocycles. The highest BCUT2D eigenvalue weighted by Gasteiger charge is 2.19. The number of hydrogen-bond donors (Lipinski definition) is 3. The number of amides is 2. The number of nitrogens with one attached hydrogen (secondary N) is 2. The number of aliphatic carboxylic acids is 1. The first-order valence-corrected chi connectivity index (χ1v) is 6.94. The predicted octanol–water partition coefficient (Wildman–Crippen LogP) is 1.02. The molecular formula is C13H25N3O3. The molecule has 1 aliphatic heterocycles. The van der Waals surface area contributed by atoms with E-state index in [0.29, 0.717) is 12.8 Å². The zero-order valence-electron chi connectivity index (χ0n) is 11.8. The van der Waals surface area contributed by atoms with Crippen LogP contribution >= 0.6 is 0 Å². The number of rotatable bonds is 6. The predicted molar refractivity (Wildman–Crippen MR) is 73.1 cm³/mol. The summed E-state index contributed by atoms with van der Waals surface area (Å²) in [6.45, 7) is 3.88. The van der Waals surface area contributed by atoms with Crippen molar-refractivity contribution in [2.24, 2.45) is 0 Å². The lowest BCUT2D eigenvalue weighted by Gasteiger charge is -2.30. The molecule has 0 bridgehead atoms. The molecule has 0 saturated carbocycles. The molecular weight excluding hydrogens is 246 g/mol. The van der Waals surface area contributed by atoms with Gasteiger partial charge >= 0.3 is 12.0 Å². The van der Waals surface area contributed by atoms with Crippen molar-refractivity contribution in [2.45, 2.75) is 51.1 Å². The van der Waals surface area contributed by atoms with Crippen LogP contribution in [0, 0.1) is 0 Å². The molecule has 1 saturated heterocycles. The van der Waals surface area contributed by atoms with Crippen LogP contribution in [0.25, 0.3) is 0 Å². The largest absolute Gasteiger partial charge is 0.481 e. The van der Waals surface area contributed by atoms with Gasteiger partial charge in [0.05, 0.1) is 0 Å². The first kappa shape index (κ1) is 15.8. The van der Waals surface area contributed by atoms with Crippen LogP contribution in [0.5, 0.6) is 0 Å². The number of likely N-dealkylation sites (tertiary alicyclic amines) is 1. The summed E-state index contributed by atoms with van der Waals surface area (Å²) in [4.78, 5) is 24.4. The molecule has 6 heteroatoms. The highest BCUT2D eigenvalue weighted by atomic mass is 16.4. The summed E-state index contributed by atoms with van der Waals surface area (Å²) in [7, 11) is 2.06. The fourth-order valence-electron chi connectivity index (χ4n) is 2.37. The molecule has 1 fully saturated rings. The van der Waals surface area contributed by atoms with Gasteiger partial charge in [0.15, 0.2) is 0 Å². The molecule has 0 radical (unpaired) electrons. The van der Waals surface area contributed by atoms with E-state index in [1.807, 2.05) is 6.92 Å². The van der Waals surface area contributed by atoms with Crippen molar-refractivity contribution < 1.29 is 14.7 Å². The van der Waals surface area contributed by atoms with Gasteiger partial charge in [-0.05, 0) is 46.2 Å². The second kappa shape index (κ2) is 7.99. The van der Waals surface area contributed by atoms with E-state index in [9.17, 15) is 9.59 Å². The van der Waals surface area contributed by atoms with Gasteiger partial charge in [-0.1, -0.05) is 0 Å². The van der Waals surface area contributed by atoms with E-state index in [1.54, 1.807) is 0 Å². The topological polar surface area (TPSA) is 81.7 Å². The molecule has 1 heterocycles. The SMILES string of the molecule is CC(CCCC(=O)O)NC(=O)NC1CCCN(C)C1. The minimum absolute atomic E-state index is 0.000621. The van der Waals surface area contributed by atoms with Crippen LogP contribution in [-0.2, 0) is 4.79 Å². The maximum Gasteiger partial charge on any atom is 0.315 e. The minimum atomic E-state index is -0.790. The van der Waals surface area contributed by atoms with Crippen molar-refractivity contribution in [3.05, 3.63) is 0 Å². The second-order valence-corrected chi connectivity index (χ2v) is 5.41. The lowest BCUT2D eigenvalue weighted by Crippen LogP contribution is -2.51. The maximum atomic E-state index is 11.8. The molecule has 2 atom stereocenters. The zero-order valence-corrected chi connectivity index (χ0v) is 11.8. The number of carbonyl (C=O) groups excluding carboxylic acids is 1. The standard InChI is InChI=1S/C13H25N3O3/c1-10(5-3-7-12(17)18)14-13(19)15-11-6-4-8-16(2)9-11/h10-11H,3-9H2,1-2H3,(H,17,18)(H2,14,15,19). The Morgan fingerprint density at radius 1 is 1.47 bits per heavy atom. The summed E-state index contributed by atoms with van der Waals surface area (Å²) >= 11 is 0. The van der Waals surface area contributed by atoms with Crippen LogP contribution in [0.1, 0.15) is 39.0 Å². The third-order valence-electron chi connectivity index (χ3n) is 3.36. The third-order valence-corrected chi connectivity index (χ3v) is 3.36. The van der Waals surface area contributed by atoms with Crippen molar-refractivity contribution >= 4 is 12.0 Å². The summed E-state index contributed by atoms with van der Waals surface area (Å²) in [5.41, 5.74) is 0. The Morgan fingerprint density at radius 3 is 2.84 bits per heavy atom. The summed E-state index contributed by atoms with van der Waals surface area (Å²) in [5.74, 6) is -0.790. The second-order valence-electron chi connectivity index (χ2n) is 5.41. The molecule has 2 amide bonds. The normalized spacial score (nSPS) is 21.7. The summed E-state index contributed by atoms with van der Waals surface area (Å²) in [6.07, 6.45) is 3.55. The number of likely N-dealkylation sites (N-methyl/N-ethyl adjacent to an activating group) is 1. The molecule has 3 N–H and O–H groups in total. The van der Waals surface area contributed by atoms with E-state index in [1.165, 1.54) is 0 Å². The average molecular weight is 271 g/mol. The van der Waals surface area contributed by atoms with Crippen molar-refractivity contribution in [3.8, 4) is 0 Å². The van der Waals surface area contributed by atoms with Crippen LogP contribution in [0.3, 0.4) is 0 Å². The van der Waals surface area contributed by atoms with Gasteiger partial charge in [0.1, 0.15) is 0 Å². The monoisotopic (exact) mass is 271 g/mol. The Balaban J connectivity index is 2.17. The minimum Gasteiger partial charge on any atom is -0.481 e. The molecule has 1 rings (SSSR count). The van der Waals surface area contributed by atoms with Crippen LogP contribution in [-0.4, -0.2) is 54.2 Å². The lowest BCUT2D eigenvalue weighted by atomic mass is 10.1. The van der Waals surface area contributed by atoms with Gasteiger partial charge in [0.25, 0.3) is 0 Å². The van der Waals surface area contributed by atoms with E-state index in [-0.39, 0.29) is 24.5 Å². The fraction of sp³-hybridized carbons (Fsp3) is 0.846. The smallest absolute Gasteiger partial charge is 0.315 e. The molecule has 19 heavy (non-hydrogen) atoms. The Bertz CT molecular complexity index is 310. The number of carboxylic acid groups (broad SMARTS) is 1. The van der Waals surface area contributed by atoms with Gasteiger partial charge in [0.2, 0.25) is 0 Å². The van der Waals surface area contributed by atoms with Gasteiger partial charge in [-0.3, -0.25) is 4.79 Å². The number of hydrogen-bond acceptors (Lipinski definition) is 3. The van der Waals surface area contributed by atoms with E-state index in [4.69, 9.17) is 5.11 Å². The lowest BCUT2D eigenvalue weighted by molar-refractivity contribution is -0.137. The molecule has 0 aliphatic carbocycles. The Labute approximate surface area is 114 Å². The first-order chi connectivity index (χ1) is 8.97. The molecule has 0 spiro atoms. The maximum absolute atomic E-state index is 11.8. The van der Waals surface area contributed by atoms with Crippen molar-refractivity contribution in [2.75, 3.05) is 20.1 Å². The zero-order chi connectivity index (χ0) is 14.3. The van der Waals surface area contributed by atoms with Crippen molar-refractivity contribution in [1.82, 2.24) is 15.5 Å². The van der Waals surface area contributed by atoms with Crippen LogP contribution < -0.4 is 10.6 Å². The van der Waals surface area contributed by atoms with Gasteiger partial charge in [-0.15, -0.1) is 0 Å². The van der Waals surface area contributed by atoms with Crippen molar-refractivity contribution in [3.63, 3.8) is 0 Å². The molecule has 0 aromatic rings. The number of nitrogens with zero attached hydrogens (tertiary/aromatic N) is 1. The Hall–Kier alpha value is -1.30. The number of carbonyl (C=O) groups is 2. The fourth-order valence-corrected chi connectivity index (χ4v) is 2.37. The summed E-state index contributed by atoms with van der Waals surface area (Å²) < 4.78 is 0. The number of urea groups is 1. The highest BCUT2D eigenvalue weighted by molar-refractivity contribution is 5.74. The molecule has 2 unspecified atom stereocenters. The molecule has 110 valence electrons. The van der Waals surface area contributed by atoms with Gasteiger partial charge in [0, 0.05) is 25.0 Å². The number of carboxylic acids is 1. The van der Waals surface area contributed by atoms with Crippen LogP contribution in [0.15, 0.2) is 0 Å². The van der Waals surface area contributed by atoms with E-state index in [2.05, 4.69) is 22.6 Å². The van der Waals surface area contributed by atoms with Crippen LogP contribution in [0.2, 0.25) is 0 Å². The Kier molecular flexibility index (Phi) is 6.62. The first-order valence-electron chi connectivity index (χ1n) is 6.94. The van der Waals surface area contributed by atoms with Gasteiger partial charge < -0.3 is 20.6 Å². The van der Waals surface area contributed by atoms with Crippen LogP contribution in [0.4, 0.5) is 4.79 Å². The molecule has 0 aromatic carbocycles. The quantitative estimate of drug-likeness (QED) is 0.674. The van der Waals surface area contributed by atoms with Gasteiger partial charge in [-0.2, -0.15) is 0 Å². The summed E-state index contributed by atoms with van der Waals surface area (Å²) in [6, 6.07) is 0.0637. The number of piperidine rings is 1. The average Bonchev–Trinajstić information content (AvgIpc) is 2.27. The van der Waals surface area contributed by atoms with Gasteiger partial charge in [-0.25, -0.2) is 4.79 Å².